The van der Waals surface area contributed by atoms with Crippen LogP contribution in [0.25, 0.3) is 0 Å². The summed E-state index contributed by atoms with van der Waals surface area (Å²) in [4.78, 5) is 11.1. The third kappa shape index (κ3) is 2.50. The van der Waals surface area contributed by atoms with Crippen molar-refractivity contribution < 1.29 is 0 Å². The Morgan fingerprint density at radius 3 is 3.00 bits per heavy atom. The number of rotatable bonds is 2. The van der Waals surface area contributed by atoms with Crippen molar-refractivity contribution in [2.24, 2.45) is 11.1 Å². The summed E-state index contributed by atoms with van der Waals surface area (Å²) in [6.45, 7) is 7.16. The van der Waals surface area contributed by atoms with E-state index in [2.05, 4.69) is 28.7 Å². The van der Waals surface area contributed by atoms with E-state index in [0.29, 0.717) is 12.0 Å². The van der Waals surface area contributed by atoms with Gasteiger partial charge in [0.25, 0.3) is 0 Å². The van der Waals surface area contributed by atoms with Gasteiger partial charge in [0.15, 0.2) is 0 Å². The van der Waals surface area contributed by atoms with E-state index in [1.54, 1.807) is 6.20 Å². The Balaban J connectivity index is 2.16. The van der Waals surface area contributed by atoms with Gasteiger partial charge in [-0.15, -0.1) is 0 Å². The molecule has 1 saturated heterocycles. The minimum absolute atomic E-state index is 0.361. The highest BCUT2D eigenvalue weighted by atomic mass is 15.3. The molecule has 0 spiro atoms. The van der Waals surface area contributed by atoms with Gasteiger partial charge in [-0.1, -0.05) is 13.8 Å². The third-order valence-corrected chi connectivity index (χ3v) is 3.09. The van der Waals surface area contributed by atoms with Gasteiger partial charge in [-0.2, -0.15) is 0 Å². The second-order valence-corrected chi connectivity index (χ2v) is 5.24. The van der Waals surface area contributed by atoms with Crippen LogP contribution >= 0.6 is 0 Å². The maximum absolute atomic E-state index is 5.59. The minimum atomic E-state index is 0.361. The highest BCUT2D eigenvalue weighted by Gasteiger charge is 2.27. The fourth-order valence-electron chi connectivity index (χ4n) is 2.24. The van der Waals surface area contributed by atoms with Gasteiger partial charge in [-0.05, 0) is 24.3 Å². The Morgan fingerprint density at radius 1 is 1.50 bits per heavy atom. The third-order valence-electron chi connectivity index (χ3n) is 3.09. The molecule has 4 heteroatoms. The van der Waals surface area contributed by atoms with Crippen molar-refractivity contribution >= 4 is 5.95 Å². The molecule has 0 aliphatic carbocycles. The first-order valence-electron chi connectivity index (χ1n) is 5.88. The molecule has 2 rings (SSSR count). The van der Waals surface area contributed by atoms with Crippen LogP contribution in [0.1, 0.15) is 32.4 Å². The van der Waals surface area contributed by atoms with Gasteiger partial charge < -0.3 is 10.6 Å². The molecule has 1 aliphatic heterocycles. The molecule has 0 saturated carbocycles. The van der Waals surface area contributed by atoms with E-state index in [-0.39, 0.29) is 0 Å². The number of piperidine rings is 1. The van der Waals surface area contributed by atoms with Crippen molar-refractivity contribution in [1.29, 1.82) is 0 Å². The fraction of sp³-hybridized carbons (Fsp3) is 0.667. The molecule has 0 aromatic carbocycles. The van der Waals surface area contributed by atoms with E-state index in [0.717, 1.165) is 24.7 Å². The van der Waals surface area contributed by atoms with Gasteiger partial charge in [-0.3, -0.25) is 0 Å². The van der Waals surface area contributed by atoms with Crippen LogP contribution < -0.4 is 10.6 Å². The molecule has 1 aromatic heterocycles. The van der Waals surface area contributed by atoms with Crippen molar-refractivity contribution in [3.05, 3.63) is 18.0 Å². The van der Waals surface area contributed by atoms with Gasteiger partial charge in [0.2, 0.25) is 5.95 Å². The Morgan fingerprint density at radius 2 is 2.31 bits per heavy atom. The van der Waals surface area contributed by atoms with E-state index in [9.17, 15) is 0 Å². The first-order chi connectivity index (χ1) is 7.61. The van der Waals surface area contributed by atoms with E-state index in [1.165, 1.54) is 12.8 Å². The molecule has 0 bridgehead atoms. The lowest BCUT2D eigenvalue weighted by atomic mass is 9.84. The SMILES string of the molecule is CC1(C)CCCN(c2nccc(CN)n2)C1. The summed E-state index contributed by atoms with van der Waals surface area (Å²) < 4.78 is 0. The number of aromatic nitrogens is 2. The largest absolute Gasteiger partial charge is 0.340 e. The van der Waals surface area contributed by atoms with E-state index >= 15 is 0 Å². The second-order valence-electron chi connectivity index (χ2n) is 5.24. The van der Waals surface area contributed by atoms with Crippen LogP contribution in [0.4, 0.5) is 5.95 Å². The van der Waals surface area contributed by atoms with Gasteiger partial charge in [0.1, 0.15) is 0 Å². The summed E-state index contributed by atoms with van der Waals surface area (Å²) >= 11 is 0. The number of anilines is 1. The lowest BCUT2D eigenvalue weighted by molar-refractivity contribution is 0.291. The highest BCUT2D eigenvalue weighted by Crippen LogP contribution is 2.29. The number of hydrogen-bond acceptors (Lipinski definition) is 4. The maximum atomic E-state index is 5.59. The molecule has 88 valence electrons. The minimum Gasteiger partial charge on any atom is -0.340 e. The van der Waals surface area contributed by atoms with Crippen molar-refractivity contribution in [3.8, 4) is 0 Å². The smallest absolute Gasteiger partial charge is 0.225 e. The van der Waals surface area contributed by atoms with Crippen LogP contribution in [0.2, 0.25) is 0 Å². The average molecular weight is 220 g/mol. The molecular formula is C12H20N4. The zero-order valence-corrected chi connectivity index (χ0v) is 10.1. The Bertz CT molecular complexity index is 362. The molecule has 0 unspecified atom stereocenters. The monoisotopic (exact) mass is 220 g/mol. The van der Waals surface area contributed by atoms with Gasteiger partial charge in [-0.25, -0.2) is 9.97 Å². The standard InChI is InChI=1S/C12H20N4/c1-12(2)5-3-7-16(9-12)11-14-6-4-10(8-13)15-11/h4,6H,3,5,7-9,13H2,1-2H3. The van der Waals surface area contributed by atoms with Crippen LogP contribution in [-0.2, 0) is 6.54 Å². The van der Waals surface area contributed by atoms with E-state index < -0.39 is 0 Å². The molecule has 1 fully saturated rings. The maximum Gasteiger partial charge on any atom is 0.225 e. The van der Waals surface area contributed by atoms with E-state index in [4.69, 9.17) is 5.73 Å². The average Bonchev–Trinajstić information content (AvgIpc) is 2.28. The summed E-state index contributed by atoms with van der Waals surface area (Å²) in [5.41, 5.74) is 6.86. The molecule has 0 atom stereocenters. The zero-order valence-electron chi connectivity index (χ0n) is 10.1. The molecule has 2 heterocycles. The number of nitrogens with two attached hydrogens (primary N) is 1. The molecular weight excluding hydrogens is 200 g/mol. The van der Waals surface area contributed by atoms with Crippen molar-refractivity contribution in [2.45, 2.75) is 33.2 Å². The molecule has 16 heavy (non-hydrogen) atoms. The van der Waals surface area contributed by atoms with Gasteiger partial charge in [0.05, 0.1) is 5.69 Å². The van der Waals surface area contributed by atoms with Crippen molar-refractivity contribution in [3.63, 3.8) is 0 Å². The number of nitrogens with zero attached hydrogens (tertiary/aromatic N) is 3. The van der Waals surface area contributed by atoms with Crippen molar-refractivity contribution in [1.82, 2.24) is 9.97 Å². The zero-order chi connectivity index (χ0) is 11.6. The summed E-state index contributed by atoms with van der Waals surface area (Å²) in [7, 11) is 0. The second kappa shape index (κ2) is 4.37. The summed E-state index contributed by atoms with van der Waals surface area (Å²) in [6, 6.07) is 1.87. The molecule has 1 aliphatic rings. The normalized spacial score (nSPS) is 19.8. The van der Waals surface area contributed by atoms with Gasteiger partial charge in [0, 0.05) is 25.8 Å². The number of hydrogen-bond donors (Lipinski definition) is 1. The van der Waals surface area contributed by atoms with Gasteiger partial charge >= 0.3 is 0 Å². The molecule has 1 aromatic rings. The summed E-state index contributed by atoms with van der Waals surface area (Å²) in [6.07, 6.45) is 4.29. The van der Waals surface area contributed by atoms with Crippen LogP contribution in [0.3, 0.4) is 0 Å². The molecule has 2 N–H and O–H groups in total. The van der Waals surface area contributed by atoms with Crippen LogP contribution in [-0.4, -0.2) is 23.1 Å². The topological polar surface area (TPSA) is 55.0 Å². The predicted molar refractivity (Wildman–Crippen MR) is 65.2 cm³/mol. The van der Waals surface area contributed by atoms with Crippen LogP contribution in [0, 0.1) is 5.41 Å². The highest BCUT2D eigenvalue weighted by molar-refractivity contribution is 5.31. The summed E-state index contributed by atoms with van der Waals surface area (Å²) in [5, 5.41) is 0. The first kappa shape index (κ1) is 11.3. The Labute approximate surface area is 96.9 Å². The van der Waals surface area contributed by atoms with Crippen LogP contribution in [0.5, 0.6) is 0 Å². The Kier molecular flexibility index (Phi) is 3.10. The van der Waals surface area contributed by atoms with Crippen molar-refractivity contribution in [2.75, 3.05) is 18.0 Å². The first-order valence-corrected chi connectivity index (χ1v) is 5.88. The fourth-order valence-corrected chi connectivity index (χ4v) is 2.24. The molecule has 4 nitrogen and oxygen atoms in total. The predicted octanol–water partition coefficient (Wildman–Crippen LogP) is 1.56. The molecule has 0 amide bonds. The Hall–Kier alpha value is -1.16. The summed E-state index contributed by atoms with van der Waals surface area (Å²) in [5.74, 6) is 0.829. The molecule has 0 radical (unpaired) electrons. The lowest BCUT2D eigenvalue weighted by Gasteiger charge is -2.38. The lowest BCUT2D eigenvalue weighted by Crippen LogP contribution is -2.41. The van der Waals surface area contributed by atoms with E-state index in [1.807, 2.05) is 6.07 Å². The van der Waals surface area contributed by atoms with Crippen LogP contribution in [0.15, 0.2) is 12.3 Å². The quantitative estimate of drug-likeness (QED) is 0.822.